The maximum absolute atomic E-state index is 13.0. The van der Waals surface area contributed by atoms with E-state index in [0.29, 0.717) is 11.0 Å². The average molecular weight is 422 g/mol. The first kappa shape index (κ1) is 19.7. The number of imide groups is 2. The molecular weight excluding hydrogens is 409 g/mol. The predicted molar refractivity (Wildman–Crippen MR) is 92.7 cm³/mol. The summed E-state index contributed by atoms with van der Waals surface area (Å²) in [4.78, 5) is 62.8. The molecule has 0 radical (unpaired) electrons. The monoisotopic (exact) mass is 422 g/mol. The third-order valence-corrected chi connectivity index (χ3v) is 5.10. The van der Waals surface area contributed by atoms with Gasteiger partial charge in [-0.3, -0.25) is 34.3 Å². The van der Waals surface area contributed by atoms with Crippen molar-refractivity contribution in [2.75, 3.05) is 11.4 Å². The van der Waals surface area contributed by atoms with E-state index >= 15 is 0 Å². The highest BCUT2D eigenvalue weighted by atomic mass is 19.4. The molecule has 30 heavy (non-hydrogen) atoms. The van der Waals surface area contributed by atoms with Crippen molar-refractivity contribution >= 4 is 40.8 Å². The molecule has 0 aliphatic carbocycles. The Morgan fingerprint density at radius 2 is 1.77 bits per heavy atom. The Kier molecular flexibility index (Phi) is 4.44. The predicted octanol–water partition coefficient (Wildman–Crippen LogP) is 0.241. The van der Waals surface area contributed by atoms with Gasteiger partial charge < -0.3 is 0 Å². The lowest BCUT2D eigenvalue weighted by Crippen LogP contribution is -2.41. The largest absolute Gasteiger partial charge is 0.416 e. The van der Waals surface area contributed by atoms with Gasteiger partial charge in [0.1, 0.15) is 17.7 Å². The summed E-state index contributed by atoms with van der Waals surface area (Å²) >= 11 is 0. The molecule has 1 aromatic carbocycles. The van der Waals surface area contributed by atoms with Crippen LogP contribution < -0.4 is 10.3 Å². The van der Waals surface area contributed by atoms with Crippen LogP contribution in [-0.2, 0) is 30.1 Å². The summed E-state index contributed by atoms with van der Waals surface area (Å²) in [6.45, 7) is -0.619. The van der Waals surface area contributed by atoms with Gasteiger partial charge in [-0.25, -0.2) is 4.90 Å². The number of alkyl halides is 3. The molecule has 4 rings (SSSR count). The topological polar surface area (TPSA) is 116 Å². The van der Waals surface area contributed by atoms with Gasteiger partial charge >= 0.3 is 6.18 Å². The van der Waals surface area contributed by atoms with Gasteiger partial charge in [-0.1, -0.05) is 6.07 Å². The van der Waals surface area contributed by atoms with Gasteiger partial charge in [0.05, 0.1) is 17.8 Å². The number of benzene rings is 1. The van der Waals surface area contributed by atoms with E-state index in [9.17, 15) is 37.1 Å². The molecule has 0 aromatic heterocycles. The molecule has 0 bridgehead atoms. The lowest BCUT2D eigenvalue weighted by molar-refractivity contribution is -0.140. The van der Waals surface area contributed by atoms with Gasteiger partial charge in [-0.05, 0) is 18.2 Å². The number of nitrogens with zero attached hydrogens (tertiary/aromatic N) is 3. The van der Waals surface area contributed by atoms with Crippen molar-refractivity contribution in [1.29, 1.82) is 0 Å². The third kappa shape index (κ3) is 3.04. The van der Waals surface area contributed by atoms with Crippen molar-refractivity contribution in [3.63, 3.8) is 0 Å². The molecule has 3 aliphatic rings. The van der Waals surface area contributed by atoms with E-state index in [1.165, 1.54) is 6.07 Å². The smallest absolute Gasteiger partial charge is 0.296 e. The van der Waals surface area contributed by atoms with Crippen LogP contribution in [0.25, 0.3) is 0 Å². The lowest BCUT2D eigenvalue weighted by Gasteiger charge is -2.18. The standard InChI is InChI=1S/C18H13F3N4O5/c19-18(20,21)8-2-1-3-9(6-8)25-16(29)13-14(22-23-15(13)17(25)30)10(26)7-24-11(27)4-5-12(24)28/h1-3,6,13,15,23H,4-5,7H2. The Labute approximate surface area is 166 Å². The van der Waals surface area contributed by atoms with E-state index < -0.39 is 59.7 Å². The quantitative estimate of drug-likeness (QED) is 0.695. The molecule has 4 amide bonds. The Morgan fingerprint density at radius 3 is 2.40 bits per heavy atom. The van der Waals surface area contributed by atoms with Gasteiger partial charge in [0.2, 0.25) is 17.7 Å². The zero-order valence-electron chi connectivity index (χ0n) is 15.1. The first-order valence-electron chi connectivity index (χ1n) is 8.84. The summed E-state index contributed by atoms with van der Waals surface area (Å²) in [5, 5.41) is 3.72. The zero-order chi connectivity index (χ0) is 21.8. The minimum Gasteiger partial charge on any atom is -0.296 e. The lowest BCUT2D eigenvalue weighted by atomic mass is 9.95. The molecule has 1 aromatic rings. The number of amides is 4. The van der Waals surface area contributed by atoms with Crippen LogP contribution in [0.5, 0.6) is 0 Å². The second-order valence-corrected chi connectivity index (χ2v) is 6.94. The molecule has 2 fully saturated rings. The fourth-order valence-corrected chi connectivity index (χ4v) is 3.62. The number of hydrogen-bond acceptors (Lipinski definition) is 7. The average Bonchev–Trinajstić information content (AvgIpc) is 3.33. The van der Waals surface area contributed by atoms with Crippen molar-refractivity contribution in [3.8, 4) is 0 Å². The highest BCUT2D eigenvalue weighted by Gasteiger charge is 2.55. The number of likely N-dealkylation sites (tertiary alicyclic amines) is 1. The highest BCUT2D eigenvalue weighted by molar-refractivity contribution is 6.49. The van der Waals surface area contributed by atoms with Crippen LogP contribution in [0.4, 0.5) is 18.9 Å². The Bertz CT molecular complexity index is 1020. The van der Waals surface area contributed by atoms with Crippen LogP contribution in [0.3, 0.4) is 0 Å². The van der Waals surface area contributed by atoms with E-state index in [-0.39, 0.29) is 24.2 Å². The van der Waals surface area contributed by atoms with Crippen molar-refractivity contribution in [2.45, 2.75) is 25.1 Å². The molecule has 3 heterocycles. The molecule has 156 valence electrons. The molecule has 0 spiro atoms. The maximum Gasteiger partial charge on any atom is 0.416 e. The minimum absolute atomic E-state index is 0.0242. The number of anilines is 1. The SMILES string of the molecule is O=C(CN1C(=O)CCC1=O)C1=NNC2C(=O)N(c3cccc(C(F)(F)F)c3)C(=O)C12. The number of hydrazone groups is 1. The van der Waals surface area contributed by atoms with Gasteiger partial charge in [0, 0.05) is 12.8 Å². The Hall–Kier alpha value is -3.57. The molecule has 2 saturated heterocycles. The molecule has 12 heteroatoms. The fraction of sp³-hybridized carbons (Fsp3) is 0.333. The number of rotatable bonds is 4. The fourth-order valence-electron chi connectivity index (χ4n) is 3.62. The first-order chi connectivity index (χ1) is 14.1. The van der Waals surface area contributed by atoms with Crippen molar-refractivity contribution in [2.24, 2.45) is 11.0 Å². The van der Waals surface area contributed by atoms with Crippen LogP contribution in [0, 0.1) is 5.92 Å². The van der Waals surface area contributed by atoms with Gasteiger partial charge in [0.15, 0.2) is 5.78 Å². The van der Waals surface area contributed by atoms with E-state index in [1.54, 1.807) is 0 Å². The van der Waals surface area contributed by atoms with E-state index in [4.69, 9.17) is 0 Å². The van der Waals surface area contributed by atoms with E-state index in [0.717, 1.165) is 17.0 Å². The molecule has 2 atom stereocenters. The first-order valence-corrected chi connectivity index (χ1v) is 8.84. The van der Waals surface area contributed by atoms with Gasteiger partial charge in [-0.2, -0.15) is 18.3 Å². The summed E-state index contributed by atoms with van der Waals surface area (Å²) in [6.07, 6.45) is -4.72. The number of fused-ring (bicyclic) bond motifs is 1. The van der Waals surface area contributed by atoms with E-state index in [1.807, 2.05) is 0 Å². The molecule has 9 nitrogen and oxygen atoms in total. The second-order valence-electron chi connectivity index (χ2n) is 6.94. The van der Waals surface area contributed by atoms with Gasteiger partial charge in [0.25, 0.3) is 5.91 Å². The highest BCUT2D eigenvalue weighted by Crippen LogP contribution is 2.35. The Morgan fingerprint density at radius 1 is 1.10 bits per heavy atom. The van der Waals surface area contributed by atoms with Crippen molar-refractivity contribution < 1.29 is 37.1 Å². The number of halogens is 3. The summed E-state index contributed by atoms with van der Waals surface area (Å²) in [5.74, 6) is -4.99. The number of carbonyl (C=O) groups is 5. The Balaban J connectivity index is 1.58. The zero-order valence-corrected chi connectivity index (χ0v) is 15.1. The number of hydrogen-bond donors (Lipinski definition) is 1. The molecular formula is C18H13F3N4O5. The van der Waals surface area contributed by atoms with Gasteiger partial charge in [-0.15, -0.1) is 0 Å². The van der Waals surface area contributed by atoms with Crippen molar-refractivity contribution in [3.05, 3.63) is 29.8 Å². The molecule has 2 unspecified atom stereocenters. The summed E-state index contributed by atoms with van der Waals surface area (Å²) in [6, 6.07) is 2.44. The summed E-state index contributed by atoms with van der Waals surface area (Å²) in [7, 11) is 0. The number of ketones is 1. The summed E-state index contributed by atoms with van der Waals surface area (Å²) < 4.78 is 38.9. The van der Waals surface area contributed by atoms with Crippen LogP contribution in [0.1, 0.15) is 18.4 Å². The minimum atomic E-state index is -4.67. The number of Topliss-reactive ketones (excluding diaryl/α,β-unsaturated/α-hetero) is 1. The molecule has 3 aliphatic heterocycles. The molecule has 1 N–H and O–H groups in total. The normalized spacial score (nSPS) is 23.8. The maximum atomic E-state index is 13.0. The van der Waals surface area contributed by atoms with Crippen LogP contribution in [0.15, 0.2) is 29.4 Å². The summed E-state index contributed by atoms with van der Waals surface area (Å²) in [5.41, 5.74) is 0.695. The third-order valence-electron chi connectivity index (χ3n) is 5.10. The van der Waals surface area contributed by atoms with E-state index in [2.05, 4.69) is 10.5 Å². The second kappa shape index (κ2) is 6.75. The van der Waals surface area contributed by atoms with Crippen LogP contribution >= 0.6 is 0 Å². The number of carbonyl (C=O) groups excluding carboxylic acids is 5. The molecule has 0 saturated carbocycles. The van der Waals surface area contributed by atoms with Crippen LogP contribution in [0.2, 0.25) is 0 Å². The van der Waals surface area contributed by atoms with Crippen LogP contribution in [-0.4, -0.2) is 52.6 Å². The number of nitrogens with one attached hydrogen (secondary N) is 1. The van der Waals surface area contributed by atoms with Crippen molar-refractivity contribution in [1.82, 2.24) is 10.3 Å².